The first-order chi connectivity index (χ1) is 12.9. The largest absolute Gasteiger partial charge is 0.480 e. The number of nitrogens with one attached hydrogen (secondary N) is 1. The number of carbonyl (C=O) groups is 3. The van der Waals surface area contributed by atoms with Gasteiger partial charge in [0.1, 0.15) is 12.1 Å². The van der Waals surface area contributed by atoms with Gasteiger partial charge in [0.2, 0.25) is 5.91 Å². The molecule has 0 saturated carbocycles. The predicted molar refractivity (Wildman–Crippen MR) is 99.0 cm³/mol. The molecule has 8 heteroatoms. The third kappa shape index (κ3) is 6.33. The molecule has 2 amide bonds. The van der Waals surface area contributed by atoms with Gasteiger partial charge in [-0.25, -0.2) is 4.79 Å². The molecule has 0 spiro atoms. The third-order valence-corrected chi connectivity index (χ3v) is 4.51. The summed E-state index contributed by atoms with van der Waals surface area (Å²) in [6.45, 7) is 5.36. The van der Waals surface area contributed by atoms with Crippen molar-refractivity contribution in [3.8, 4) is 0 Å². The van der Waals surface area contributed by atoms with E-state index in [0.717, 1.165) is 5.56 Å². The predicted octanol–water partition coefficient (Wildman–Crippen LogP) is 0.325. The molecule has 1 fully saturated rings. The minimum atomic E-state index is -1.09. The van der Waals surface area contributed by atoms with Crippen LogP contribution in [-0.4, -0.2) is 77.6 Å². The molecule has 2 atom stereocenters. The van der Waals surface area contributed by atoms with Crippen LogP contribution in [0.2, 0.25) is 0 Å². The summed E-state index contributed by atoms with van der Waals surface area (Å²) in [5.74, 6) is -1.69. The molecule has 1 aromatic rings. The van der Waals surface area contributed by atoms with Gasteiger partial charge < -0.3 is 20.1 Å². The summed E-state index contributed by atoms with van der Waals surface area (Å²) < 4.78 is 5.63. The summed E-state index contributed by atoms with van der Waals surface area (Å²) >= 11 is 0. The first-order valence-electron chi connectivity index (χ1n) is 9.04. The summed E-state index contributed by atoms with van der Waals surface area (Å²) in [6.07, 6.45) is -0.721. The highest BCUT2D eigenvalue weighted by Gasteiger charge is 2.34. The maximum Gasteiger partial charge on any atom is 0.326 e. The first-order valence-corrected chi connectivity index (χ1v) is 9.04. The number of nitrogens with zero attached hydrogens (tertiary/aromatic N) is 2. The van der Waals surface area contributed by atoms with Gasteiger partial charge in [-0.3, -0.25) is 14.5 Å². The lowest BCUT2D eigenvalue weighted by Gasteiger charge is -2.36. The number of hydrogen-bond donors (Lipinski definition) is 2. The van der Waals surface area contributed by atoms with Crippen LogP contribution in [0.4, 0.5) is 0 Å². The SMILES string of the molecule is CC(=O)NCCN(C(=O)C1CN(Cc2ccccc2)CCO1)C(C)C(=O)O. The second-order valence-electron chi connectivity index (χ2n) is 6.61. The van der Waals surface area contributed by atoms with Gasteiger partial charge in [0.05, 0.1) is 6.61 Å². The Morgan fingerprint density at radius 2 is 2.04 bits per heavy atom. The molecule has 1 saturated heterocycles. The molecule has 0 radical (unpaired) electrons. The Morgan fingerprint density at radius 3 is 2.67 bits per heavy atom. The van der Waals surface area contributed by atoms with Crippen LogP contribution < -0.4 is 5.32 Å². The van der Waals surface area contributed by atoms with Crippen LogP contribution >= 0.6 is 0 Å². The topological polar surface area (TPSA) is 99.2 Å². The number of amides is 2. The van der Waals surface area contributed by atoms with Crippen molar-refractivity contribution < 1.29 is 24.2 Å². The summed E-state index contributed by atoms with van der Waals surface area (Å²) in [5.41, 5.74) is 1.15. The Labute approximate surface area is 159 Å². The van der Waals surface area contributed by atoms with E-state index >= 15 is 0 Å². The zero-order valence-corrected chi connectivity index (χ0v) is 15.8. The van der Waals surface area contributed by atoms with E-state index in [1.165, 1.54) is 18.7 Å². The van der Waals surface area contributed by atoms with E-state index < -0.39 is 18.1 Å². The van der Waals surface area contributed by atoms with Gasteiger partial charge in [0.25, 0.3) is 5.91 Å². The van der Waals surface area contributed by atoms with E-state index in [0.29, 0.717) is 26.2 Å². The fraction of sp³-hybridized carbons (Fsp3) is 0.526. The fourth-order valence-electron chi connectivity index (χ4n) is 3.00. The number of carboxylic acids is 1. The molecule has 1 heterocycles. The maximum absolute atomic E-state index is 12.9. The summed E-state index contributed by atoms with van der Waals surface area (Å²) in [6, 6.07) is 8.94. The van der Waals surface area contributed by atoms with Crippen LogP contribution in [0.5, 0.6) is 0 Å². The molecule has 148 valence electrons. The number of ether oxygens (including phenoxy) is 1. The molecule has 1 aliphatic heterocycles. The number of benzene rings is 1. The number of hydrogen-bond acceptors (Lipinski definition) is 5. The summed E-state index contributed by atoms with van der Waals surface area (Å²) in [5, 5.41) is 11.9. The van der Waals surface area contributed by atoms with E-state index in [1.807, 2.05) is 30.3 Å². The van der Waals surface area contributed by atoms with E-state index in [-0.39, 0.29) is 24.9 Å². The number of rotatable bonds is 8. The zero-order chi connectivity index (χ0) is 19.8. The van der Waals surface area contributed by atoms with Crippen molar-refractivity contribution in [1.29, 1.82) is 0 Å². The van der Waals surface area contributed by atoms with Crippen molar-refractivity contribution in [3.05, 3.63) is 35.9 Å². The quantitative estimate of drug-likeness (QED) is 0.677. The van der Waals surface area contributed by atoms with E-state index in [2.05, 4.69) is 10.2 Å². The number of aliphatic carboxylic acids is 1. The minimum absolute atomic E-state index is 0.116. The molecule has 8 nitrogen and oxygen atoms in total. The van der Waals surface area contributed by atoms with Gasteiger partial charge in [-0.1, -0.05) is 30.3 Å². The molecular weight excluding hydrogens is 350 g/mol. The molecule has 2 unspecified atom stereocenters. The average Bonchev–Trinajstić information content (AvgIpc) is 2.65. The summed E-state index contributed by atoms with van der Waals surface area (Å²) in [4.78, 5) is 38.8. The first kappa shape index (κ1) is 20.9. The number of morpholine rings is 1. The minimum Gasteiger partial charge on any atom is -0.480 e. The van der Waals surface area contributed by atoms with Crippen LogP contribution in [0.25, 0.3) is 0 Å². The van der Waals surface area contributed by atoms with Crippen molar-refractivity contribution in [2.75, 3.05) is 32.8 Å². The van der Waals surface area contributed by atoms with Crippen molar-refractivity contribution in [2.24, 2.45) is 0 Å². The highest BCUT2D eigenvalue weighted by molar-refractivity contribution is 5.86. The highest BCUT2D eigenvalue weighted by atomic mass is 16.5. The molecule has 2 rings (SSSR count). The van der Waals surface area contributed by atoms with E-state index in [9.17, 15) is 19.5 Å². The molecule has 1 aliphatic rings. The average molecular weight is 377 g/mol. The standard InChI is InChI=1S/C19H27N3O5/c1-14(19(25)26)22(9-8-20-15(2)23)18(24)17-13-21(10-11-27-17)12-16-6-4-3-5-7-16/h3-7,14,17H,8-13H2,1-2H3,(H,20,23)(H,25,26). The summed E-state index contributed by atoms with van der Waals surface area (Å²) in [7, 11) is 0. The van der Waals surface area contributed by atoms with E-state index in [4.69, 9.17) is 4.74 Å². The van der Waals surface area contributed by atoms with Crippen LogP contribution in [0, 0.1) is 0 Å². The second kappa shape index (κ2) is 10.0. The Kier molecular flexibility index (Phi) is 7.75. The van der Waals surface area contributed by atoms with Crippen LogP contribution in [-0.2, 0) is 25.7 Å². The van der Waals surface area contributed by atoms with Gasteiger partial charge >= 0.3 is 5.97 Å². The molecule has 2 N–H and O–H groups in total. The van der Waals surface area contributed by atoms with Gasteiger partial charge in [0, 0.05) is 39.6 Å². The molecule has 1 aromatic carbocycles. The highest BCUT2D eigenvalue weighted by Crippen LogP contribution is 2.14. The van der Waals surface area contributed by atoms with E-state index in [1.54, 1.807) is 0 Å². The Balaban J connectivity index is 2.01. The Morgan fingerprint density at radius 1 is 1.33 bits per heavy atom. The molecule has 0 bridgehead atoms. The Bertz CT molecular complexity index is 652. The lowest BCUT2D eigenvalue weighted by Crippen LogP contribution is -2.55. The lowest BCUT2D eigenvalue weighted by atomic mass is 10.1. The molecular formula is C19H27N3O5. The maximum atomic E-state index is 12.9. The molecule has 0 aliphatic carbocycles. The zero-order valence-electron chi connectivity index (χ0n) is 15.8. The van der Waals surface area contributed by atoms with Crippen LogP contribution in [0.3, 0.4) is 0 Å². The lowest BCUT2D eigenvalue weighted by molar-refractivity contribution is -0.159. The van der Waals surface area contributed by atoms with Crippen molar-refractivity contribution >= 4 is 17.8 Å². The normalized spacial score (nSPS) is 18.5. The van der Waals surface area contributed by atoms with Crippen LogP contribution in [0.1, 0.15) is 19.4 Å². The molecule has 0 aromatic heterocycles. The number of carbonyl (C=O) groups excluding carboxylic acids is 2. The van der Waals surface area contributed by atoms with Gasteiger partial charge in [-0.15, -0.1) is 0 Å². The second-order valence-corrected chi connectivity index (χ2v) is 6.61. The Hall–Kier alpha value is -2.45. The van der Waals surface area contributed by atoms with Gasteiger partial charge in [-0.05, 0) is 12.5 Å². The number of carboxylic acid groups (broad SMARTS) is 1. The van der Waals surface area contributed by atoms with Crippen molar-refractivity contribution in [1.82, 2.24) is 15.1 Å². The van der Waals surface area contributed by atoms with Gasteiger partial charge in [-0.2, -0.15) is 0 Å². The van der Waals surface area contributed by atoms with Crippen LogP contribution in [0.15, 0.2) is 30.3 Å². The smallest absolute Gasteiger partial charge is 0.326 e. The van der Waals surface area contributed by atoms with Crippen molar-refractivity contribution in [2.45, 2.75) is 32.5 Å². The molecule has 27 heavy (non-hydrogen) atoms. The van der Waals surface area contributed by atoms with Gasteiger partial charge in [0.15, 0.2) is 0 Å². The monoisotopic (exact) mass is 377 g/mol. The van der Waals surface area contributed by atoms with Crippen molar-refractivity contribution in [3.63, 3.8) is 0 Å². The fourth-order valence-corrected chi connectivity index (χ4v) is 3.00. The third-order valence-electron chi connectivity index (χ3n) is 4.51.